The molecule has 8 nitrogen and oxygen atoms in total. The third-order valence-corrected chi connectivity index (χ3v) is 21.9. The van der Waals surface area contributed by atoms with Crippen molar-refractivity contribution in [1.82, 2.24) is 38.2 Å². The highest BCUT2D eigenvalue weighted by atomic mass is 15.1. The summed E-state index contributed by atoms with van der Waals surface area (Å²) in [6.45, 7) is 0. The number of fused-ring (bicyclic) bond motifs is 12. The van der Waals surface area contributed by atoms with E-state index in [-0.39, 0.29) is 0 Å². The van der Waals surface area contributed by atoms with Gasteiger partial charge in [0.15, 0.2) is 11.6 Å². The maximum Gasteiger partial charge on any atom is 0.162 e. The number of aromatic nitrogens is 8. The fraction of sp³-hybridized carbons (Fsp3) is 0. The lowest BCUT2D eigenvalue weighted by Crippen LogP contribution is -2.02. The van der Waals surface area contributed by atoms with Gasteiger partial charge >= 0.3 is 0 Å². The Morgan fingerprint density at radius 2 is 0.393 bits per heavy atom. The molecule has 0 radical (unpaired) electrons. The topological polar surface area (TPSA) is 71.3 Å². The second-order valence-corrected chi connectivity index (χ2v) is 28.5. The molecule has 0 bridgehead atoms. The molecule has 0 aliphatic carbocycles. The van der Waals surface area contributed by atoms with Crippen LogP contribution in [0.25, 0.3) is 200 Å². The zero-order valence-corrected chi connectivity index (χ0v) is 60.8. The van der Waals surface area contributed by atoms with E-state index in [9.17, 15) is 0 Å². The number of hydrogen-bond acceptors (Lipinski definition) is 4. The van der Waals surface area contributed by atoms with Crippen molar-refractivity contribution in [3.8, 4) is 113 Å². The quantitative estimate of drug-likeness (QED) is 0.122. The third kappa shape index (κ3) is 11.6. The molecule has 0 spiro atoms. The number of para-hydroxylation sites is 6. The van der Waals surface area contributed by atoms with Crippen LogP contribution in [0.1, 0.15) is 0 Å². The van der Waals surface area contributed by atoms with Gasteiger partial charge in [0.05, 0.1) is 55.5 Å². The Hall–Kier alpha value is -15.1. The fourth-order valence-electron chi connectivity index (χ4n) is 16.6. The van der Waals surface area contributed by atoms with E-state index >= 15 is 0 Å². The molecule has 22 aromatic rings. The molecule has 0 fully saturated rings. The maximum absolute atomic E-state index is 5.43. The van der Waals surface area contributed by atoms with Gasteiger partial charge in [-0.05, 0) is 136 Å². The highest BCUT2D eigenvalue weighted by molar-refractivity contribution is 6.21. The Morgan fingerprint density at radius 3 is 0.759 bits per heavy atom. The van der Waals surface area contributed by atoms with Crippen molar-refractivity contribution < 1.29 is 0 Å². The van der Waals surface area contributed by atoms with E-state index in [1.54, 1.807) is 0 Å². The Bertz CT molecular complexity index is 7230. The van der Waals surface area contributed by atoms with Crippen molar-refractivity contribution in [2.45, 2.75) is 0 Å². The lowest BCUT2D eigenvalue weighted by Gasteiger charge is -2.13. The Balaban J connectivity index is 0.000000141. The molecular formula is C104H68N8. The monoisotopic (exact) mass is 1430 g/mol. The summed E-state index contributed by atoms with van der Waals surface area (Å²) in [4.78, 5) is 21.4. The molecule has 0 unspecified atom stereocenters. The second kappa shape index (κ2) is 27.6. The second-order valence-electron chi connectivity index (χ2n) is 28.5. The van der Waals surface area contributed by atoms with Gasteiger partial charge in [-0.2, -0.15) is 0 Å². The number of hydrogen-bond donors (Lipinski definition) is 0. The van der Waals surface area contributed by atoms with Crippen molar-refractivity contribution in [1.29, 1.82) is 0 Å². The van der Waals surface area contributed by atoms with Crippen LogP contribution in [0.15, 0.2) is 413 Å². The molecule has 0 amide bonds. The zero-order chi connectivity index (χ0) is 74.0. The maximum atomic E-state index is 5.43. The van der Waals surface area contributed by atoms with E-state index in [4.69, 9.17) is 19.9 Å². The van der Waals surface area contributed by atoms with Crippen molar-refractivity contribution in [2.75, 3.05) is 0 Å². The van der Waals surface area contributed by atoms with E-state index in [0.29, 0.717) is 11.6 Å². The van der Waals surface area contributed by atoms with Crippen LogP contribution in [0.4, 0.5) is 0 Å². The van der Waals surface area contributed by atoms with Crippen LogP contribution in [0.3, 0.4) is 0 Å². The van der Waals surface area contributed by atoms with E-state index in [1.807, 2.05) is 6.07 Å². The normalized spacial score (nSPS) is 11.6. The highest BCUT2D eigenvalue weighted by Gasteiger charge is 2.24. The third-order valence-electron chi connectivity index (χ3n) is 21.9. The van der Waals surface area contributed by atoms with Crippen LogP contribution >= 0.6 is 0 Å². The van der Waals surface area contributed by atoms with Crippen LogP contribution in [0, 0.1) is 0 Å². The lowest BCUT2D eigenvalue weighted by molar-refractivity contribution is 1.05. The van der Waals surface area contributed by atoms with Crippen molar-refractivity contribution in [2.24, 2.45) is 0 Å². The standard InChI is InChI=1S/2C52H34N4/c1-4-16-35(17-5-1)37-20-14-22-39(30-37)46-34-51(54-52(53-46)40-23-15-21-38(31-40)36-18-6-2-7-19-36)56-48-29-13-11-27-43(48)45-32-49-44(33-50(45)56)42-26-10-12-28-47(42)55(49)41-24-8-3-9-25-41;1-4-15-35(16-5-1)37-27-29-38(30-28-37)46-34-51(54-52(53-46)40-20-14-19-39(31-40)36-17-6-2-7-18-36)56-48-26-13-11-24-43(48)45-32-49-44(33-50(45)56)42-23-10-12-25-47(42)55(49)41-21-8-3-9-22-41/h2*1-34H. The van der Waals surface area contributed by atoms with Gasteiger partial charge in [0, 0.05) is 88.9 Å². The average Bonchev–Trinajstić information content (AvgIpc) is 1.57. The Labute approximate surface area is 646 Å². The zero-order valence-electron chi connectivity index (χ0n) is 60.8. The first-order valence-electron chi connectivity index (χ1n) is 38.0. The van der Waals surface area contributed by atoms with E-state index in [2.05, 4.69) is 425 Å². The van der Waals surface area contributed by atoms with Crippen molar-refractivity contribution >= 4 is 87.2 Å². The van der Waals surface area contributed by atoms with Gasteiger partial charge in [-0.25, -0.2) is 19.9 Å². The summed E-state index contributed by atoms with van der Waals surface area (Å²) < 4.78 is 9.43. The minimum atomic E-state index is 0.674. The molecular weight excluding hydrogens is 1360 g/mol. The van der Waals surface area contributed by atoms with Crippen LogP contribution in [0.5, 0.6) is 0 Å². The molecule has 0 saturated carbocycles. The summed E-state index contributed by atoms with van der Waals surface area (Å²) in [7, 11) is 0. The number of nitrogens with zero attached hydrogens (tertiary/aromatic N) is 8. The van der Waals surface area contributed by atoms with Gasteiger partial charge in [-0.3, -0.25) is 9.13 Å². The van der Waals surface area contributed by atoms with Gasteiger partial charge in [-0.1, -0.05) is 309 Å². The molecule has 0 aliphatic rings. The van der Waals surface area contributed by atoms with Gasteiger partial charge in [0.25, 0.3) is 0 Å². The van der Waals surface area contributed by atoms with E-state index in [1.165, 1.54) is 81.8 Å². The molecule has 8 heteroatoms. The van der Waals surface area contributed by atoms with Gasteiger partial charge in [0.2, 0.25) is 0 Å². The predicted octanol–water partition coefficient (Wildman–Crippen LogP) is 26.7. The summed E-state index contributed by atoms with van der Waals surface area (Å²) in [6, 6.07) is 146. The first-order valence-corrected chi connectivity index (χ1v) is 38.0. The van der Waals surface area contributed by atoms with Crippen LogP contribution < -0.4 is 0 Å². The summed E-state index contributed by atoms with van der Waals surface area (Å²) in [5, 5.41) is 9.52. The van der Waals surface area contributed by atoms with Gasteiger partial charge in [0.1, 0.15) is 11.6 Å². The minimum Gasteiger partial charge on any atom is -0.309 e. The summed E-state index contributed by atoms with van der Waals surface area (Å²) in [6.07, 6.45) is 0. The van der Waals surface area contributed by atoms with E-state index < -0.39 is 0 Å². The fourth-order valence-corrected chi connectivity index (χ4v) is 16.6. The van der Waals surface area contributed by atoms with E-state index in [0.717, 1.165) is 107 Å². The van der Waals surface area contributed by atoms with Crippen LogP contribution in [0.2, 0.25) is 0 Å². The van der Waals surface area contributed by atoms with Crippen molar-refractivity contribution in [3.63, 3.8) is 0 Å². The molecule has 0 atom stereocenters. The first kappa shape index (κ1) is 65.2. The molecule has 524 valence electrons. The predicted molar refractivity (Wildman–Crippen MR) is 465 cm³/mol. The Kier molecular flexibility index (Phi) is 16.1. The molecule has 0 saturated heterocycles. The molecule has 6 heterocycles. The first-order chi connectivity index (χ1) is 55.5. The molecule has 112 heavy (non-hydrogen) atoms. The minimum absolute atomic E-state index is 0.674. The van der Waals surface area contributed by atoms with Crippen LogP contribution in [-0.2, 0) is 0 Å². The van der Waals surface area contributed by atoms with Gasteiger partial charge in [-0.15, -0.1) is 0 Å². The van der Waals surface area contributed by atoms with Crippen LogP contribution in [-0.4, -0.2) is 38.2 Å². The smallest absolute Gasteiger partial charge is 0.162 e. The SMILES string of the molecule is c1ccc(-c2ccc(-c3cc(-n4c5ccccc5c5cc6c(cc54)c4ccccc4n6-c4ccccc4)nc(-c4cccc(-c5ccccc5)c4)n3)cc2)cc1.c1ccc(-c2cccc(-c3cc(-n4c5ccccc5c5cc6c(cc54)c4ccccc4n6-c4ccccc4)nc(-c4cccc(-c5ccccc5)c4)n3)c2)cc1. The largest absolute Gasteiger partial charge is 0.309 e. The summed E-state index contributed by atoms with van der Waals surface area (Å²) >= 11 is 0. The molecule has 0 N–H and O–H groups in total. The summed E-state index contributed by atoms with van der Waals surface area (Å²) in [5.74, 6) is 2.99. The molecule has 0 aliphatic heterocycles. The Morgan fingerprint density at radius 1 is 0.143 bits per heavy atom. The van der Waals surface area contributed by atoms with Crippen molar-refractivity contribution in [3.05, 3.63) is 413 Å². The molecule has 16 aromatic carbocycles. The highest BCUT2D eigenvalue weighted by Crippen LogP contribution is 2.44. The number of benzene rings is 16. The molecule has 6 aromatic heterocycles. The number of rotatable bonds is 12. The summed E-state index contributed by atoms with van der Waals surface area (Å²) in [5.41, 5.74) is 26.3. The van der Waals surface area contributed by atoms with Gasteiger partial charge < -0.3 is 9.13 Å². The molecule has 22 rings (SSSR count). The lowest BCUT2D eigenvalue weighted by atomic mass is 10.0. The average molecular weight is 1430 g/mol.